The van der Waals surface area contributed by atoms with Gasteiger partial charge in [-0.05, 0) is 36.8 Å². The quantitative estimate of drug-likeness (QED) is 0.474. The van der Waals surface area contributed by atoms with E-state index in [0.717, 1.165) is 16.8 Å². The second kappa shape index (κ2) is 9.18. The van der Waals surface area contributed by atoms with E-state index in [1.165, 1.54) is 0 Å². The fourth-order valence-corrected chi connectivity index (χ4v) is 3.28. The van der Waals surface area contributed by atoms with Gasteiger partial charge in [-0.2, -0.15) is 5.10 Å². The van der Waals surface area contributed by atoms with Crippen molar-refractivity contribution >= 4 is 11.8 Å². The minimum Gasteiger partial charge on any atom is -0.496 e. The number of rotatable bonds is 5. The van der Waals surface area contributed by atoms with E-state index in [4.69, 9.17) is 4.74 Å². The maximum absolute atomic E-state index is 13.0. The molecule has 0 atom stereocenters. The molecule has 4 rings (SSSR count). The normalized spacial score (nSPS) is 10.4. The third kappa shape index (κ3) is 4.37. The van der Waals surface area contributed by atoms with Gasteiger partial charge in [0.05, 0.1) is 18.4 Å². The molecule has 7 heteroatoms. The first kappa shape index (κ1) is 20.9. The summed E-state index contributed by atoms with van der Waals surface area (Å²) in [4.78, 5) is 25.5. The molecule has 0 fully saturated rings. The minimum absolute atomic E-state index is 0.335. The molecule has 0 aliphatic heterocycles. The van der Waals surface area contributed by atoms with Crippen molar-refractivity contribution in [2.75, 3.05) is 7.11 Å². The summed E-state index contributed by atoms with van der Waals surface area (Å²) in [5.41, 5.74) is 8.70. The van der Waals surface area contributed by atoms with Gasteiger partial charge in [-0.3, -0.25) is 20.4 Å². The van der Waals surface area contributed by atoms with Gasteiger partial charge in [0, 0.05) is 17.3 Å². The molecule has 1 heterocycles. The second-order valence-corrected chi connectivity index (χ2v) is 7.13. The Morgan fingerprint density at radius 2 is 1.53 bits per heavy atom. The molecule has 7 nitrogen and oxygen atoms in total. The number of hydrazine groups is 1. The van der Waals surface area contributed by atoms with E-state index >= 15 is 0 Å². The molecule has 160 valence electrons. The molecular weight excluding hydrogens is 404 g/mol. The first-order valence-corrected chi connectivity index (χ1v) is 10.0. The second-order valence-electron chi connectivity index (χ2n) is 7.13. The van der Waals surface area contributed by atoms with Gasteiger partial charge < -0.3 is 4.74 Å². The van der Waals surface area contributed by atoms with Crippen molar-refractivity contribution in [2.45, 2.75) is 6.92 Å². The van der Waals surface area contributed by atoms with E-state index in [1.807, 2.05) is 67.6 Å². The number of ether oxygens (including phenoxy) is 1. The third-order valence-electron chi connectivity index (χ3n) is 4.99. The zero-order valence-electron chi connectivity index (χ0n) is 17.7. The lowest BCUT2D eigenvalue weighted by Crippen LogP contribution is -2.41. The first-order valence-electron chi connectivity index (χ1n) is 10.0. The Kier molecular flexibility index (Phi) is 5.98. The summed E-state index contributed by atoms with van der Waals surface area (Å²) in [6.45, 7) is 1.89. The Balaban J connectivity index is 1.59. The predicted molar refractivity (Wildman–Crippen MR) is 122 cm³/mol. The number of aromatic nitrogens is 2. The summed E-state index contributed by atoms with van der Waals surface area (Å²) < 4.78 is 6.90. The zero-order valence-corrected chi connectivity index (χ0v) is 17.7. The molecule has 0 spiro atoms. The molecule has 0 aliphatic carbocycles. The maximum Gasteiger partial charge on any atom is 0.273 e. The molecule has 3 aromatic carbocycles. The molecule has 0 radical (unpaired) electrons. The SMILES string of the molecule is COc1cc(C(=O)NNC(=O)c2cn(-c3ccccc3)nc2-c2ccccc2)ccc1C. The highest BCUT2D eigenvalue weighted by Crippen LogP contribution is 2.23. The van der Waals surface area contributed by atoms with Crippen LogP contribution in [0.3, 0.4) is 0 Å². The highest BCUT2D eigenvalue weighted by Gasteiger charge is 2.19. The predicted octanol–water partition coefficient (Wildman–Crippen LogP) is 3.93. The number of para-hydroxylation sites is 1. The van der Waals surface area contributed by atoms with Crippen molar-refractivity contribution in [1.29, 1.82) is 0 Å². The highest BCUT2D eigenvalue weighted by molar-refractivity contribution is 6.02. The van der Waals surface area contributed by atoms with Crippen molar-refractivity contribution < 1.29 is 14.3 Å². The van der Waals surface area contributed by atoms with Crippen LogP contribution in [-0.4, -0.2) is 28.7 Å². The van der Waals surface area contributed by atoms with Crippen molar-refractivity contribution in [2.24, 2.45) is 0 Å². The van der Waals surface area contributed by atoms with Crippen LogP contribution in [0.15, 0.2) is 85.1 Å². The van der Waals surface area contributed by atoms with Gasteiger partial charge in [0.25, 0.3) is 11.8 Å². The lowest BCUT2D eigenvalue weighted by Gasteiger charge is -2.10. The minimum atomic E-state index is -0.474. The number of carbonyl (C=O) groups excluding carboxylic acids is 2. The molecule has 32 heavy (non-hydrogen) atoms. The van der Waals surface area contributed by atoms with E-state index in [0.29, 0.717) is 22.6 Å². The standard InChI is InChI=1S/C25H22N4O3/c1-17-13-14-19(15-22(17)32-2)24(30)26-27-25(31)21-16-29(20-11-7-4-8-12-20)28-23(21)18-9-5-3-6-10-18/h3-16H,1-2H3,(H,26,30)(H,27,31). The third-order valence-corrected chi connectivity index (χ3v) is 4.99. The van der Waals surface area contributed by atoms with E-state index in [2.05, 4.69) is 16.0 Å². The summed E-state index contributed by atoms with van der Waals surface area (Å²) in [6, 6.07) is 24.0. The molecule has 0 bridgehead atoms. The largest absolute Gasteiger partial charge is 0.496 e. The molecule has 2 amide bonds. The fourth-order valence-electron chi connectivity index (χ4n) is 3.28. The Morgan fingerprint density at radius 3 is 2.22 bits per heavy atom. The summed E-state index contributed by atoms with van der Waals surface area (Å²) in [6.07, 6.45) is 1.65. The number of hydrogen-bond donors (Lipinski definition) is 2. The number of methoxy groups -OCH3 is 1. The summed E-state index contributed by atoms with van der Waals surface area (Å²) >= 11 is 0. The number of aryl methyl sites for hydroxylation is 1. The van der Waals surface area contributed by atoms with Crippen LogP contribution >= 0.6 is 0 Å². The van der Waals surface area contributed by atoms with Crippen molar-refractivity contribution in [3.05, 3.63) is 102 Å². The van der Waals surface area contributed by atoms with E-state index in [1.54, 1.807) is 36.2 Å². The van der Waals surface area contributed by atoms with Gasteiger partial charge in [0.2, 0.25) is 0 Å². The summed E-state index contributed by atoms with van der Waals surface area (Å²) in [5, 5.41) is 4.62. The number of hydrogen-bond acceptors (Lipinski definition) is 4. The van der Waals surface area contributed by atoms with E-state index in [-0.39, 0.29) is 0 Å². The van der Waals surface area contributed by atoms with Crippen LogP contribution in [0.4, 0.5) is 0 Å². The van der Waals surface area contributed by atoms with Crippen molar-refractivity contribution in [1.82, 2.24) is 20.6 Å². The van der Waals surface area contributed by atoms with Gasteiger partial charge in [-0.25, -0.2) is 4.68 Å². The molecular formula is C25H22N4O3. The van der Waals surface area contributed by atoms with Crippen LogP contribution in [0.2, 0.25) is 0 Å². The van der Waals surface area contributed by atoms with Crippen LogP contribution in [0.1, 0.15) is 26.3 Å². The Morgan fingerprint density at radius 1 is 0.875 bits per heavy atom. The summed E-state index contributed by atoms with van der Waals surface area (Å²) in [7, 11) is 1.54. The van der Waals surface area contributed by atoms with Crippen molar-refractivity contribution in [3.63, 3.8) is 0 Å². The smallest absolute Gasteiger partial charge is 0.273 e. The van der Waals surface area contributed by atoms with E-state index in [9.17, 15) is 9.59 Å². The number of amides is 2. The molecule has 2 N–H and O–H groups in total. The van der Waals surface area contributed by atoms with Crippen LogP contribution < -0.4 is 15.6 Å². The molecule has 0 saturated heterocycles. The number of benzene rings is 3. The van der Waals surface area contributed by atoms with Gasteiger partial charge in [0.1, 0.15) is 11.4 Å². The first-order chi connectivity index (χ1) is 15.6. The average molecular weight is 426 g/mol. The Hall–Kier alpha value is -4.39. The molecule has 1 aromatic heterocycles. The van der Waals surface area contributed by atoms with Crippen LogP contribution in [0, 0.1) is 6.92 Å². The number of carbonyl (C=O) groups is 2. The van der Waals surface area contributed by atoms with Gasteiger partial charge in [0.15, 0.2) is 0 Å². The molecule has 4 aromatic rings. The Bertz CT molecular complexity index is 1250. The van der Waals surface area contributed by atoms with Gasteiger partial charge in [-0.1, -0.05) is 54.6 Å². The van der Waals surface area contributed by atoms with Crippen LogP contribution in [0.5, 0.6) is 5.75 Å². The average Bonchev–Trinajstić information content (AvgIpc) is 3.29. The molecule has 0 unspecified atom stereocenters. The number of nitrogens with zero attached hydrogens (tertiary/aromatic N) is 2. The highest BCUT2D eigenvalue weighted by atomic mass is 16.5. The Labute approximate surface area is 185 Å². The van der Waals surface area contributed by atoms with Crippen LogP contribution in [0.25, 0.3) is 16.9 Å². The summed E-state index contributed by atoms with van der Waals surface area (Å²) in [5.74, 6) is -0.327. The van der Waals surface area contributed by atoms with Gasteiger partial charge >= 0.3 is 0 Å². The fraction of sp³-hybridized carbons (Fsp3) is 0.0800. The van der Waals surface area contributed by atoms with E-state index < -0.39 is 11.8 Å². The van der Waals surface area contributed by atoms with Crippen LogP contribution in [-0.2, 0) is 0 Å². The maximum atomic E-state index is 13.0. The topological polar surface area (TPSA) is 85.3 Å². The monoisotopic (exact) mass is 426 g/mol. The number of nitrogens with one attached hydrogen (secondary N) is 2. The lowest BCUT2D eigenvalue weighted by molar-refractivity contribution is 0.0847. The zero-order chi connectivity index (χ0) is 22.5. The van der Waals surface area contributed by atoms with Gasteiger partial charge in [-0.15, -0.1) is 0 Å². The van der Waals surface area contributed by atoms with Crippen molar-refractivity contribution in [3.8, 4) is 22.7 Å². The lowest BCUT2D eigenvalue weighted by atomic mass is 10.1. The molecule has 0 aliphatic rings. The molecule has 0 saturated carbocycles.